The Hall–Kier alpha value is -4.74. The first-order chi connectivity index (χ1) is 31.7. The Morgan fingerprint density at radius 3 is 1.84 bits per heavy atom. The van der Waals surface area contributed by atoms with Crippen LogP contribution in [0.15, 0.2) is 89.9 Å². The minimum absolute atomic E-state index is 0. The van der Waals surface area contributed by atoms with Crippen molar-refractivity contribution in [2.24, 2.45) is 10.7 Å². The normalized spacial score (nSPS) is 15.9. The summed E-state index contributed by atoms with van der Waals surface area (Å²) in [5.41, 5.74) is 15.0. The van der Waals surface area contributed by atoms with Crippen LogP contribution < -0.4 is 31.6 Å². The van der Waals surface area contributed by atoms with Gasteiger partial charge < -0.3 is 31.6 Å². The summed E-state index contributed by atoms with van der Waals surface area (Å²) < 4.78 is 38.8. The van der Waals surface area contributed by atoms with Crippen molar-refractivity contribution in [3.05, 3.63) is 124 Å². The highest BCUT2D eigenvalue weighted by Crippen LogP contribution is 2.31. The fourth-order valence-electron chi connectivity index (χ4n) is 6.79. The van der Waals surface area contributed by atoms with Crippen molar-refractivity contribution in [2.75, 3.05) is 67.3 Å². The number of thiocarbonyl (C=S) groups is 1. The summed E-state index contributed by atoms with van der Waals surface area (Å²) in [6, 6.07) is 24.1. The number of rotatable bonds is 14. The number of aromatic nitrogens is 1. The van der Waals surface area contributed by atoms with Gasteiger partial charge in [-0.25, -0.2) is 13.8 Å². The molecule has 0 saturated carbocycles. The molecule has 360 valence electrons. The van der Waals surface area contributed by atoms with Crippen LogP contribution in [0.4, 0.5) is 31.1 Å². The number of Topliss-reactive ketones (excluding diaryl/α,β-unsaturated/α-hetero) is 1. The number of alkyl halides is 1. The van der Waals surface area contributed by atoms with E-state index >= 15 is 0 Å². The highest BCUT2D eigenvalue weighted by atomic mass is 35.5. The van der Waals surface area contributed by atoms with Crippen LogP contribution in [0.25, 0.3) is 0 Å². The van der Waals surface area contributed by atoms with Gasteiger partial charge in [0, 0.05) is 48.7 Å². The number of benzene rings is 4. The zero-order valence-electron chi connectivity index (χ0n) is 38.5. The second kappa shape index (κ2) is 27.3. The topological polar surface area (TPSA) is 160 Å². The molecule has 67 heavy (non-hydrogen) atoms. The number of ketones is 2. The van der Waals surface area contributed by atoms with Gasteiger partial charge in [-0.15, -0.1) is 11.6 Å². The third-order valence-electron chi connectivity index (χ3n) is 10.6. The SMILES string of the molecule is CCN1CCC(Oc2ccc(Nc3nc(N)c(C(=O)c4ccc(C)c(F)c4)s3)cc2)C1.CCSC(N)=NC(=S)Nc1ccc(OC2CCN(CC)C2)cc1.Cc1ccc(C(=O)CCl)cc1F.P. The lowest BCUT2D eigenvalue weighted by molar-refractivity contribution is 0.101. The van der Waals surface area contributed by atoms with E-state index in [9.17, 15) is 18.4 Å². The van der Waals surface area contributed by atoms with E-state index in [0.29, 0.717) is 32.1 Å². The van der Waals surface area contributed by atoms with E-state index in [1.165, 1.54) is 23.9 Å². The van der Waals surface area contributed by atoms with Gasteiger partial charge in [-0.05, 0) is 130 Å². The summed E-state index contributed by atoms with van der Waals surface area (Å²) in [4.78, 5) is 37.1. The first-order valence-corrected chi connectivity index (χ1v) is 24.4. The maximum Gasteiger partial charge on any atom is 0.206 e. The highest BCUT2D eigenvalue weighted by Gasteiger charge is 2.24. The van der Waals surface area contributed by atoms with Gasteiger partial charge in [-0.1, -0.05) is 68.1 Å². The molecule has 0 spiro atoms. The van der Waals surface area contributed by atoms with Gasteiger partial charge in [0.15, 0.2) is 21.2 Å². The van der Waals surface area contributed by atoms with E-state index in [4.69, 9.17) is 44.8 Å². The molecule has 3 heterocycles. The summed E-state index contributed by atoms with van der Waals surface area (Å²) in [6.45, 7) is 15.9. The lowest BCUT2D eigenvalue weighted by atomic mass is 10.1. The number of hydrogen-bond acceptors (Lipinski definition) is 12. The molecule has 2 aliphatic heterocycles. The molecule has 2 aliphatic rings. The van der Waals surface area contributed by atoms with Crippen molar-refractivity contribution in [1.82, 2.24) is 14.8 Å². The average Bonchev–Trinajstić information content (AvgIpc) is 4.06. The van der Waals surface area contributed by atoms with Crippen molar-refractivity contribution in [1.29, 1.82) is 0 Å². The van der Waals surface area contributed by atoms with E-state index in [2.05, 4.69) is 44.3 Å². The molecule has 2 saturated heterocycles. The number of nitrogens with two attached hydrogens (primary N) is 2. The number of anilines is 4. The van der Waals surface area contributed by atoms with E-state index in [-0.39, 0.29) is 61.6 Å². The third-order valence-corrected chi connectivity index (χ3v) is 12.7. The molecule has 6 N–H and O–H groups in total. The first kappa shape index (κ1) is 54.9. The van der Waals surface area contributed by atoms with Crippen LogP contribution in [-0.2, 0) is 0 Å². The van der Waals surface area contributed by atoms with Crippen LogP contribution in [0.2, 0.25) is 0 Å². The number of likely N-dealkylation sites (tertiary alicyclic amines) is 2. The van der Waals surface area contributed by atoms with Gasteiger partial charge in [0.05, 0.1) is 5.88 Å². The third kappa shape index (κ3) is 17.1. The summed E-state index contributed by atoms with van der Waals surface area (Å²) in [6.07, 6.45) is 2.62. The summed E-state index contributed by atoms with van der Waals surface area (Å²) >= 11 is 13.1. The quantitative estimate of drug-likeness (QED) is 0.0208. The zero-order chi connectivity index (χ0) is 47.8. The van der Waals surface area contributed by atoms with Crippen LogP contribution in [0.3, 0.4) is 0 Å². The Labute approximate surface area is 414 Å². The van der Waals surface area contributed by atoms with Crippen LogP contribution in [0, 0.1) is 25.5 Å². The Morgan fingerprint density at radius 1 is 0.851 bits per heavy atom. The second-order valence-electron chi connectivity index (χ2n) is 15.4. The predicted molar refractivity (Wildman–Crippen MR) is 283 cm³/mol. The number of carbonyl (C=O) groups is 2. The smallest absolute Gasteiger partial charge is 0.206 e. The second-order valence-corrected chi connectivity index (χ2v) is 18.3. The maximum absolute atomic E-state index is 13.8. The zero-order valence-corrected chi connectivity index (χ0v) is 43.1. The molecule has 1 aromatic heterocycles. The number of aliphatic imine (C=N–C) groups is 1. The van der Waals surface area contributed by atoms with Gasteiger partial charge in [-0.3, -0.25) is 19.4 Å². The molecule has 5 aromatic rings. The number of halogens is 3. The van der Waals surface area contributed by atoms with Gasteiger partial charge in [-0.2, -0.15) is 14.9 Å². The Morgan fingerprint density at radius 2 is 1.36 bits per heavy atom. The number of nitrogens with one attached hydrogen (secondary N) is 2. The average molecular weight is 1010 g/mol. The number of hydrogen-bond donors (Lipinski definition) is 4. The largest absolute Gasteiger partial charge is 0.489 e. The molecule has 0 bridgehead atoms. The summed E-state index contributed by atoms with van der Waals surface area (Å²) in [7, 11) is 0. The summed E-state index contributed by atoms with van der Waals surface area (Å²) in [5.74, 6) is 1.21. The Kier molecular flexibility index (Phi) is 22.4. The van der Waals surface area contributed by atoms with Gasteiger partial charge in [0.2, 0.25) is 5.78 Å². The molecule has 12 nitrogen and oxygen atoms in total. The number of ether oxygens (including phenoxy) is 2. The molecule has 3 atom stereocenters. The van der Waals surface area contributed by atoms with Crippen LogP contribution >= 0.6 is 56.8 Å². The fourth-order valence-corrected chi connectivity index (χ4v) is 8.54. The van der Waals surface area contributed by atoms with Crippen molar-refractivity contribution in [3.8, 4) is 11.5 Å². The van der Waals surface area contributed by atoms with Crippen LogP contribution in [0.1, 0.15) is 70.3 Å². The molecule has 7 rings (SSSR count). The Balaban J connectivity index is 0.000000239. The molecule has 19 heteroatoms. The number of nitrogen functional groups attached to an aromatic ring is 1. The van der Waals surface area contributed by atoms with Crippen molar-refractivity contribution >= 4 is 101 Å². The molecule has 3 unspecified atom stereocenters. The number of carbonyl (C=O) groups excluding carboxylic acids is 2. The van der Waals surface area contributed by atoms with E-state index < -0.39 is 5.82 Å². The molecule has 0 aliphatic carbocycles. The number of thiazole rings is 1. The van der Waals surface area contributed by atoms with Crippen LogP contribution in [-0.4, -0.2) is 99.7 Å². The molecule has 0 amide bonds. The fraction of sp³-hybridized carbons (Fsp3) is 0.354. The molecule has 0 radical (unpaired) electrons. The lowest BCUT2D eigenvalue weighted by Gasteiger charge is -2.15. The van der Waals surface area contributed by atoms with E-state index in [1.54, 1.807) is 38.1 Å². The van der Waals surface area contributed by atoms with Crippen molar-refractivity contribution < 1.29 is 27.8 Å². The number of thioether (sulfide) groups is 1. The number of nitrogens with zero attached hydrogens (tertiary/aromatic N) is 4. The first-order valence-electron chi connectivity index (χ1n) is 21.6. The Bertz CT molecular complexity index is 2450. The number of likely N-dealkylation sites (N-methyl/N-ethyl adjacent to an activating group) is 2. The molecule has 2 fully saturated rings. The monoisotopic (exact) mass is 1010 g/mol. The van der Waals surface area contributed by atoms with Crippen molar-refractivity contribution in [3.63, 3.8) is 0 Å². The van der Waals surface area contributed by atoms with Gasteiger partial charge in [0.1, 0.15) is 46.0 Å². The maximum atomic E-state index is 13.8. The predicted octanol–water partition coefficient (Wildman–Crippen LogP) is 10.2. The summed E-state index contributed by atoms with van der Waals surface area (Å²) in [5, 5.41) is 7.56. The number of amidine groups is 1. The van der Waals surface area contributed by atoms with Crippen molar-refractivity contribution in [2.45, 2.75) is 59.7 Å². The minimum Gasteiger partial charge on any atom is -0.489 e. The lowest BCUT2D eigenvalue weighted by Crippen LogP contribution is -2.24. The van der Waals surface area contributed by atoms with Gasteiger partial charge in [0.25, 0.3) is 0 Å². The van der Waals surface area contributed by atoms with E-state index in [0.717, 1.165) is 92.1 Å². The molecular weight excluding hydrogens is 953 g/mol. The van der Waals surface area contributed by atoms with E-state index in [1.807, 2.05) is 55.5 Å². The molecular formula is C48H60ClF2N8O4PS3. The van der Waals surface area contributed by atoms with Crippen LogP contribution in [0.5, 0.6) is 11.5 Å². The molecule has 4 aromatic carbocycles. The standard InChI is InChI=1S/C23H25FN4O2S.C16H24N4OS2.C9H8ClFO.H3P/c1-3-28-11-10-18(13-28)30-17-8-6-16(7-9-17)26-23-27-22(25)21(31-23)20(29)15-5-4-14(2)19(24)12-15;1-3-20-10-9-14(11-20)21-13-7-5-12(6-8-13)18-16(22)19-15(17)23-4-2;1-6-2-3-7(4-8(6)11)9(12)5-10;/h4-9,12,18H,3,10-11,13,25H2,1-2H3,(H,26,27);5-8,14H,3-4,9-11H2,1-2H3,(H3,17,18,19,22);2-4H,5H2,1H3;1H3. The highest BCUT2D eigenvalue weighted by molar-refractivity contribution is 8.13. The number of aryl methyl sites for hydroxylation is 2. The minimum atomic E-state index is -0.422. The van der Waals surface area contributed by atoms with Gasteiger partial charge >= 0.3 is 0 Å².